The van der Waals surface area contributed by atoms with Crippen LogP contribution in [0.25, 0.3) is 0 Å². The average molecular weight is 474 g/mol. The number of hydrogen-bond donors (Lipinski definition) is 3. The van der Waals surface area contributed by atoms with Gasteiger partial charge in [-0.25, -0.2) is 0 Å². The van der Waals surface area contributed by atoms with Crippen LogP contribution in [0.2, 0.25) is 5.02 Å². The second-order valence-electron chi connectivity index (χ2n) is 8.10. The SMILES string of the molecule is COc1cc(OC)c2c(c1Cl)OC1(C(=O)C=C(NCCc3ccc(O)c(O)c3)CC1C)C2=O. The molecule has 0 fully saturated rings. The van der Waals surface area contributed by atoms with Gasteiger partial charge in [-0.1, -0.05) is 24.6 Å². The number of rotatable bonds is 6. The first-order valence-electron chi connectivity index (χ1n) is 10.4. The van der Waals surface area contributed by atoms with Crippen LogP contribution in [0.4, 0.5) is 0 Å². The third-order valence-corrected chi connectivity index (χ3v) is 6.47. The van der Waals surface area contributed by atoms with Crippen LogP contribution < -0.4 is 19.5 Å². The van der Waals surface area contributed by atoms with Crippen molar-refractivity contribution in [1.82, 2.24) is 5.32 Å². The zero-order valence-corrected chi connectivity index (χ0v) is 19.2. The standard InChI is InChI=1S/C24H24ClNO7/c1-12-8-14(26-7-6-13-4-5-15(27)16(28)9-13)10-19(29)24(12)23(30)20-17(31-2)11-18(32-3)21(25)22(20)33-24/h4-5,9-12,26-28H,6-8H2,1-3H3. The number of fused-ring (bicyclic) bond motifs is 1. The predicted octanol–water partition coefficient (Wildman–Crippen LogP) is 3.41. The number of halogens is 1. The van der Waals surface area contributed by atoms with E-state index in [0.29, 0.717) is 25.1 Å². The number of nitrogens with one attached hydrogen (secondary N) is 1. The summed E-state index contributed by atoms with van der Waals surface area (Å²) >= 11 is 6.39. The van der Waals surface area contributed by atoms with Gasteiger partial charge < -0.3 is 29.7 Å². The molecule has 0 saturated carbocycles. The van der Waals surface area contributed by atoms with Crippen molar-refractivity contribution in [1.29, 1.82) is 0 Å². The maximum absolute atomic E-state index is 13.5. The van der Waals surface area contributed by atoms with Gasteiger partial charge in [0, 0.05) is 30.3 Å². The van der Waals surface area contributed by atoms with Gasteiger partial charge in [0.05, 0.1) is 14.2 Å². The summed E-state index contributed by atoms with van der Waals surface area (Å²) in [7, 11) is 2.86. The molecule has 0 aromatic heterocycles. The van der Waals surface area contributed by atoms with Crippen LogP contribution in [0.3, 0.4) is 0 Å². The second-order valence-corrected chi connectivity index (χ2v) is 8.48. The van der Waals surface area contributed by atoms with Crippen LogP contribution in [-0.4, -0.2) is 48.1 Å². The Labute approximate surface area is 195 Å². The molecule has 9 heteroatoms. The smallest absolute Gasteiger partial charge is 0.236 e. The predicted molar refractivity (Wildman–Crippen MR) is 121 cm³/mol. The summed E-state index contributed by atoms with van der Waals surface area (Å²) < 4.78 is 16.6. The number of carbonyl (C=O) groups excluding carboxylic acids is 2. The lowest BCUT2D eigenvalue weighted by Gasteiger charge is -2.35. The Hall–Kier alpha value is -3.39. The molecule has 2 aromatic rings. The lowest BCUT2D eigenvalue weighted by atomic mass is 9.74. The second kappa shape index (κ2) is 8.51. The number of ketones is 2. The lowest BCUT2D eigenvalue weighted by Crippen LogP contribution is -2.55. The number of ether oxygens (including phenoxy) is 3. The zero-order valence-electron chi connectivity index (χ0n) is 18.4. The molecule has 0 bridgehead atoms. The molecule has 0 radical (unpaired) electrons. The molecule has 1 aliphatic carbocycles. The minimum absolute atomic E-state index is 0.0926. The molecule has 2 atom stereocenters. The molecule has 8 nitrogen and oxygen atoms in total. The van der Waals surface area contributed by atoms with Gasteiger partial charge in [0.1, 0.15) is 22.1 Å². The monoisotopic (exact) mass is 473 g/mol. The van der Waals surface area contributed by atoms with Crippen molar-refractivity contribution in [3.05, 3.63) is 52.2 Å². The fourth-order valence-electron chi connectivity index (χ4n) is 4.34. The number of allylic oxidation sites excluding steroid dienone is 1. The molecule has 1 spiro atoms. The zero-order chi connectivity index (χ0) is 23.9. The molecule has 2 aromatic carbocycles. The number of aromatic hydroxyl groups is 2. The first-order valence-corrected chi connectivity index (χ1v) is 10.8. The normalized spacial score (nSPS) is 21.5. The number of methoxy groups -OCH3 is 2. The van der Waals surface area contributed by atoms with Gasteiger partial charge in [0.2, 0.25) is 17.2 Å². The minimum atomic E-state index is -1.71. The largest absolute Gasteiger partial charge is 0.504 e. The summed E-state index contributed by atoms with van der Waals surface area (Å²) in [5.74, 6) is -1.17. The van der Waals surface area contributed by atoms with E-state index in [2.05, 4.69) is 5.32 Å². The molecule has 174 valence electrons. The quantitative estimate of drug-likeness (QED) is 0.432. The molecule has 1 aliphatic heterocycles. The number of phenolic OH excluding ortho intramolecular Hbond substituents is 2. The van der Waals surface area contributed by atoms with Crippen molar-refractivity contribution in [3.63, 3.8) is 0 Å². The highest BCUT2D eigenvalue weighted by Crippen LogP contribution is 2.52. The van der Waals surface area contributed by atoms with Gasteiger partial charge in [-0.05, 0) is 30.5 Å². The number of hydrogen-bond acceptors (Lipinski definition) is 8. The lowest BCUT2D eigenvalue weighted by molar-refractivity contribution is -0.129. The molecule has 4 rings (SSSR count). The van der Waals surface area contributed by atoms with E-state index in [-0.39, 0.29) is 39.3 Å². The fraction of sp³-hybridized carbons (Fsp3) is 0.333. The van der Waals surface area contributed by atoms with E-state index >= 15 is 0 Å². The molecule has 0 saturated heterocycles. The summed E-state index contributed by atoms with van der Waals surface area (Å²) in [5, 5.41) is 22.4. The summed E-state index contributed by atoms with van der Waals surface area (Å²) in [5.41, 5.74) is -0.0606. The average Bonchev–Trinajstić information content (AvgIpc) is 3.10. The number of phenols is 2. The highest BCUT2D eigenvalue weighted by molar-refractivity contribution is 6.36. The van der Waals surface area contributed by atoms with E-state index in [1.54, 1.807) is 13.0 Å². The Morgan fingerprint density at radius 2 is 1.88 bits per heavy atom. The van der Waals surface area contributed by atoms with Crippen LogP contribution >= 0.6 is 11.6 Å². The van der Waals surface area contributed by atoms with Crippen molar-refractivity contribution in [3.8, 4) is 28.7 Å². The molecule has 0 amide bonds. The van der Waals surface area contributed by atoms with Crippen LogP contribution in [0.1, 0.15) is 29.3 Å². The van der Waals surface area contributed by atoms with Crippen molar-refractivity contribution in [2.24, 2.45) is 5.92 Å². The molecular formula is C24H24ClNO7. The molecule has 33 heavy (non-hydrogen) atoms. The Balaban J connectivity index is 1.55. The first kappa shape index (κ1) is 22.8. The van der Waals surface area contributed by atoms with E-state index in [1.165, 1.54) is 38.5 Å². The molecule has 3 N–H and O–H groups in total. The van der Waals surface area contributed by atoms with Gasteiger partial charge in [0.15, 0.2) is 17.2 Å². The summed E-state index contributed by atoms with van der Waals surface area (Å²) in [6.45, 7) is 2.28. The van der Waals surface area contributed by atoms with E-state index < -0.39 is 23.1 Å². The maximum atomic E-state index is 13.5. The van der Waals surface area contributed by atoms with Crippen molar-refractivity contribution in [2.45, 2.75) is 25.4 Å². The third kappa shape index (κ3) is 3.64. The highest BCUT2D eigenvalue weighted by Gasteiger charge is 2.60. The summed E-state index contributed by atoms with van der Waals surface area (Å²) in [6.07, 6.45) is 2.37. The topological polar surface area (TPSA) is 114 Å². The molecule has 2 aliphatic rings. The van der Waals surface area contributed by atoms with E-state index in [4.69, 9.17) is 25.8 Å². The fourth-order valence-corrected chi connectivity index (χ4v) is 4.61. The Morgan fingerprint density at radius 3 is 2.52 bits per heavy atom. The van der Waals surface area contributed by atoms with Gasteiger partial charge in [-0.2, -0.15) is 0 Å². The van der Waals surface area contributed by atoms with Crippen LogP contribution in [0, 0.1) is 5.92 Å². The number of Topliss-reactive ketones (excluding diaryl/α,β-unsaturated/α-hetero) is 1. The van der Waals surface area contributed by atoms with Crippen LogP contribution in [-0.2, 0) is 11.2 Å². The van der Waals surface area contributed by atoms with E-state index in [1.807, 2.05) is 0 Å². The van der Waals surface area contributed by atoms with Gasteiger partial charge in [-0.15, -0.1) is 0 Å². The van der Waals surface area contributed by atoms with Gasteiger partial charge in [-0.3, -0.25) is 9.59 Å². The molecule has 2 unspecified atom stereocenters. The first-order chi connectivity index (χ1) is 15.7. The minimum Gasteiger partial charge on any atom is -0.504 e. The van der Waals surface area contributed by atoms with Gasteiger partial charge in [0.25, 0.3) is 0 Å². The number of carbonyl (C=O) groups is 2. The van der Waals surface area contributed by atoms with Crippen LogP contribution in [0.5, 0.6) is 28.7 Å². The molecule has 1 heterocycles. The highest BCUT2D eigenvalue weighted by atomic mass is 35.5. The summed E-state index contributed by atoms with van der Waals surface area (Å²) in [6, 6.07) is 6.13. The van der Waals surface area contributed by atoms with Crippen molar-refractivity contribution < 1.29 is 34.0 Å². The maximum Gasteiger partial charge on any atom is 0.236 e. The van der Waals surface area contributed by atoms with E-state index in [0.717, 1.165) is 5.56 Å². The Bertz CT molecular complexity index is 1180. The van der Waals surface area contributed by atoms with Gasteiger partial charge >= 0.3 is 0 Å². The third-order valence-electron chi connectivity index (χ3n) is 6.12. The van der Waals surface area contributed by atoms with Crippen molar-refractivity contribution >= 4 is 23.2 Å². The molecular weight excluding hydrogens is 450 g/mol. The summed E-state index contributed by atoms with van der Waals surface area (Å²) in [4.78, 5) is 26.7. The number of benzene rings is 2. The van der Waals surface area contributed by atoms with E-state index in [9.17, 15) is 19.8 Å². The Kier molecular flexibility index (Phi) is 5.88. The van der Waals surface area contributed by atoms with Crippen molar-refractivity contribution in [2.75, 3.05) is 20.8 Å². The Morgan fingerprint density at radius 1 is 1.15 bits per heavy atom. The van der Waals surface area contributed by atoms with Crippen LogP contribution in [0.15, 0.2) is 36.0 Å².